The van der Waals surface area contributed by atoms with E-state index in [1.165, 1.54) is 0 Å². The predicted molar refractivity (Wildman–Crippen MR) is 75.0 cm³/mol. The Morgan fingerprint density at radius 1 is 1.22 bits per heavy atom. The molecule has 0 saturated carbocycles. The normalized spacial score (nSPS) is 9.83. The molecule has 0 atom stereocenters. The van der Waals surface area contributed by atoms with Crippen molar-refractivity contribution in [3.8, 4) is 6.07 Å². The maximum atomic E-state index is 9.07. The van der Waals surface area contributed by atoms with E-state index >= 15 is 0 Å². The second-order valence-corrected chi connectivity index (χ2v) is 4.36. The van der Waals surface area contributed by atoms with Crippen molar-refractivity contribution in [2.75, 3.05) is 11.1 Å². The van der Waals surface area contributed by atoms with Crippen molar-refractivity contribution in [2.45, 2.75) is 6.92 Å². The van der Waals surface area contributed by atoms with Crippen LogP contribution in [0.3, 0.4) is 0 Å². The number of benzene rings is 2. The summed E-state index contributed by atoms with van der Waals surface area (Å²) >= 11 is 6.05. The Labute approximate surface area is 111 Å². The largest absolute Gasteiger partial charge is 0.399 e. The maximum Gasteiger partial charge on any atom is 0.101 e. The molecule has 0 amide bonds. The van der Waals surface area contributed by atoms with Crippen LogP contribution in [0, 0.1) is 18.3 Å². The van der Waals surface area contributed by atoms with Crippen LogP contribution >= 0.6 is 11.6 Å². The Morgan fingerprint density at radius 3 is 2.72 bits per heavy atom. The first-order chi connectivity index (χ1) is 8.61. The van der Waals surface area contributed by atoms with Gasteiger partial charge in [-0.05, 0) is 42.8 Å². The molecule has 2 aromatic rings. The van der Waals surface area contributed by atoms with Gasteiger partial charge in [-0.15, -0.1) is 0 Å². The number of anilines is 3. The summed E-state index contributed by atoms with van der Waals surface area (Å²) in [4.78, 5) is 0. The Bertz CT molecular complexity index is 629. The van der Waals surface area contributed by atoms with E-state index in [1.54, 1.807) is 18.2 Å². The first kappa shape index (κ1) is 12.3. The van der Waals surface area contributed by atoms with Crippen LogP contribution in [-0.4, -0.2) is 0 Å². The lowest BCUT2D eigenvalue weighted by molar-refractivity contribution is 1.41. The van der Waals surface area contributed by atoms with Gasteiger partial charge in [-0.2, -0.15) is 5.26 Å². The van der Waals surface area contributed by atoms with E-state index in [0.29, 0.717) is 16.3 Å². The number of halogens is 1. The summed E-state index contributed by atoms with van der Waals surface area (Å²) in [5.41, 5.74) is 9.27. The van der Waals surface area contributed by atoms with E-state index in [-0.39, 0.29) is 0 Å². The number of nitriles is 1. The molecule has 18 heavy (non-hydrogen) atoms. The minimum absolute atomic E-state index is 0.509. The molecule has 0 aromatic heterocycles. The lowest BCUT2D eigenvalue weighted by Crippen LogP contribution is -1.97. The van der Waals surface area contributed by atoms with Crippen LogP contribution in [0.4, 0.5) is 17.1 Å². The topological polar surface area (TPSA) is 61.8 Å². The van der Waals surface area contributed by atoms with Gasteiger partial charge in [0.1, 0.15) is 6.07 Å². The van der Waals surface area contributed by atoms with Gasteiger partial charge in [0.25, 0.3) is 0 Å². The molecule has 90 valence electrons. The molecule has 3 N–H and O–H groups in total. The van der Waals surface area contributed by atoms with Gasteiger partial charge in [-0.25, -0.2) is 0 Å². The van der Waals surface area contributed by atoms with Crippen molar-refractivity contribution in [3.63, 3.8) is 0 Å². The van der Waals surface area contributed by atoms with Gasteiger partial charge in [0.15, 0.2) is 0 Å². The number of nitrogens with zero attached hydrogens (tertiary/aromatic N) is 1. The molecule has 0 unspecified atom stereocenters. The van der Waals surface area contributed by atoms with E-state index in [4.69, 9.17) is 22.6 Å². The van der Waals surface area contributed by atoms with Crippen molar-refractivity contribution >= 4 is 28.7 Å². The van der Waals surface area contributed by atoms with E-state index in [9.17, 15) is 0 Å². The molecular weight excluding hydrogens is 246 g/mol. The molecule has 0 bridgehead atoms. The van der Waals surface area contributed by atoms with E-state index in [2.05, 4.69) is 11.4 Å². The number of hydrogen-bond acceptors (Lipinski definition) is 3. The summed E-state index contributed by atoms with van der Waals surface area (Å²) in [6, 6.07) is 12.9. The van der Waals surface area contributed by atoms with Crippen LogP contribution in [-0.2, 0) is 0 Å². The van der Waals surface area contributed by atoms with Crippen molar-refractivity contribution < 1.29 is 0 Å². The maximum absolute atomic E-state index is 9.07. The second-order valence-electron chi connectivity index (χ2n) is 3.95. The van der Waals surface area contributed by atoms with Gasteiger partial charge in [0.2, 0.25) is 0 Å². The van der Waals surface area contributed by atoms with Crippen molar-refractivity contribution in [3.05, 3.63) is 52.5 Å². The molecule has 0 heterocycles. The fraction of sp³-hybridized carbons (Fsp3) is 0.0714. The molecule has 0 fully saturated rings. The van der Waals surface area contributed by atoms with Crippen LogP contribution in [0.25, 0.3) is 0 Å². The van der Waals surface area contributed by atoms with Crippen LogP contribution in [0.15, 0.2) is 36.4 Å². The van der Waals surface area contributed by atoms with Gasteiger partial charge in [0, 0.05) is 16.4 Å². The SMILES string of the molecule is Cc1c(Cl)cccc1Nc1ccc(N)cc1C#N. The predicted octanol–water partition coefficient (Wildman–Crippen LogP) is 3.85. The minimum atomic E-state index is 0.509. The molecule has 0 aliphatic heterocycles. The minimum Gasteiger partial charge on any atom is -0.399 e. The van der Waals surface area contributed by atoms with Crippen LogP contribution in [0.2, 0.25) is 5.02 Å². The summed E-state index contributed by atoms with van der Waals surface area (Å²) in [6.07, 6.45) is 0. The lowest BCUT2D eigenvalue weighted by Gasteiger charge is -2.12. The first-order valence-electron chi connectivity index (χ1n) is 5.43. The lowest BCUT2D eigenvalue weighted by atomic mass is 10.1. The molecule has 0 saturated heterocycles. The summed E-state index contributed by atoms with van der Waals surface area (Å²) in [5, 5.41) is 13.0. The van der Waals surface area contributed by atoms with E-state index in [1.807, 2.05) is 25.1 Å². The molecular formula is C14H12ClN3. The second kappa shape index (κ2) is 4.99. The Kier molecular flexibility index (Phi) is 3.40. The molecule has 3 nitrogen and oxygen atoms in total. The third-order valence-electron chi connectivity index (χ3n) is 2.70. The zero-order chi connectivity index (χ0) is 13.1. The fourth-order valence-corrected chi connectivity index (χ4v) is 1.83. The van der Waals surface area contributed by atoms with Crippen LogP contribution < -0.4 is 11.1 Å². The Morgan fingerprint density at radius 2 is 2.00 bits per heavy atom. The summed E-state index contributed by atoms with van der Waals surface area (Å²) in [6.45, 7) is 1.92. The zero-order valence-electron chi connectivity index (χ0n) is 9.87. The standard InChI is InChI=1S/C14H12ClN3/c1-9-12(15)3-2-4-13(9)18-14-6-5-11(17)7-10(14)8-16/h2-7,18H,17H2,1H3. The van der Waals surface area contributed by atoms with Gasteiger partial charge >= 0.3 is 0 Å². The van der Waals surface area contributed by atoms with Crippen molar-refractivity contribution in [2.24, 2.45) is 0 Å². The Balaban J connectivity index is 2.41. The molecule has 0 radical (unpaired) electrons. The summed E-state index contributed by atoms with van der Waals surface area (Å²) < 4.78 is 0. The van der Waals surface area contributed by atoms with E-state index in [0.717, 1.165) is 16.9 Å². The van der Waals surface area contributed by atoms with Crippen molar-refractivity contribution in [1.29, 1.82) is 5.26 Å². The number of nitrogens with one attached hydrogen (secondary N) is 1. The monoisotopic (exact) mass is 257 g/mol. The highest BCUT2D eigenvalue weighted by Crippen LogP contribution is 2.28. The van der Waals surface area contributed by atoms with Gasteiger partial charge in [0.05, 0.1) is 11.3 Å². The highest BCUT2D eigenvalue weighted by atomic mass is 35.5. The molecule has 2 aromatic carbocycles. The fourth-order valence-electron chi connectivity index (χ4n) is 1.65. The number of rotatable bonds is 2. The zero-order valence-corrected chi connectivity index (χ0v) is 10.6. The van der Waals surface area contributed by atoms with Gasteiger partial charge in [-0.3, -0.25) is 0 Å². The molecule has 4 heteroatoms. The van der Waals surface area contributed by atoms with Gasteiger partial charge < -0.3 is 11.1 Å². The average Bonchev–Trinajstić information content (AvgIpc) is 2.37. The van der Waals surface area contributed by atoms with Crippen LogP contribution in [0.5, 0.6) is 0 Å². The number of nitrogens with two attached hydrogens (primary N) is 1. The third-order valence-corrected chi connectivity index (χ3v) is 3.11. The van der Waals surface area contributed by atoms with Gasteiger partial charge in [-0.1, -0.05) is 17.7 Å². The number of hydrogen-bond donors (Lipinski definition) is 2. The molecule has 0 spiro atoms. The molecule has 0 aliphatic rings. The average molecular weight is 258 g/mol. The quantitative estimate of drug-likeness (QED) is 0.804. The first-order valence-corrected chi connectivity index (χ1v) is 5.81. The Hall–Kier alpha value is -2.18. The highest BCUT2D eigenvalue weighted by molar-refractivity contribution is 6.31. The molecule has 0 aliphatic carbocycles. The smallest absolute Gasteiger partial charge is 0.101 e. The van der Waals surface area contributed by atoms with E-state index < -0.39 is 0 Å². The highest BCUT2D eigenvalue weighted by Gasteiger charge is 2.06. The van der Waals surface area contributed by atoms with Crippen LogP contribution in [0.1, 0.15) is 11.1 Å². The summed E-state index contributed by atoms with van der Waals surface area (Å²) in [7, 11) is 0. The summed E-state index contributed by atoms with van der Waals surface area (Å²) in [5.74, 6) is 0. The van der Waals surface area contributed by atoms with Crippen molar-refractivity contribution in [1.82, 2.24) is 0 Å². The third kappa shape index (κ3) is 2.39. The number of nitrogen functional groups attached to an aromatic ring is 1. The molecule has 2 rings (SSSR count).